The third-order valence-corrected chi connectivity index (χ3v) is 4.40. The zero-order chi connectivity index (χ0) is 18.7. The molecule has 1 aliphatic rings. The minimum Gasteiger partial charge on any atom is -0.349 e. The van der Waals surface area contributed by atoms with E-state index in [-0.39, 0.29) is 23.9 Å². The number of carbonyl (C=O) groups is 1. The predicted molar refractivity (Wildman–Crippen MR) is 89.2 cm³/mol. The van der Waals surface area contributed by atoms with E-state index < -0.39 is 23.6 Å². The first-order chi connectivity index (χ1) is 12.5. The van der Waals surface area contributed by atoms with Crippen LogP contribution in [0.4, 0.5) is 8.78 Å². The van der Waals surface area contributed by atoms with E-state index in [1.165, 1.54) is 13.0 Å². The number of aromatic nitrogens is 2. The monoisotopic (exact) mass is 365 g/mol. The van der Waals surface area contributed by atoms with Crippen molar-refractivity contribution in [2.45, 2.75) is 25.4 Å². The van der Waals surface area contributed by atoms with E-state index in [1.807, 2.05) is 7.05 Å². The first-order valence-corrected chi connectivity index (χ1v) is 8.40. The van der Waals surface area contributed by atoms with E-state index in [0.717, 1.165) is 25.2 Å². The number of nitrogens with one attached hydrogen (secondary N) is 2. The molecule has 1 aromatic carbocycles. The molecule has 0 saturated carbocycles. The zero-order valence-electron chi connectivity index (χ0n) is 14.6. The molecule has 1 fully saturated rings. The number of rotatable bonds is 5. The van der Waals surface area contributed by atoms with Crippen LogP contribution in [0.5, 0.6) is 0 Å². The molecule has 1 aromatic heterocycles. The van der Waals surface area contributed by atoms with Crippen molar-refractivity contribution in [1.82, 2.24) is 25.7 Å². The van der Waals surface area contributed by atoms with Crippen LogP contribution in [0.25, 0.3) is 0 Å². The lowest BCUT2D eigenvalue weighted by Gasteiger charge is -2.30. The molecule has 140 valence electrons. The molecule has 0 spiro atoms. The second-order valence-corrected chi connectivity index (χ2v) is 6.34. The number of hydrogen-bond acceptors (Lipinski definition) is 6. The van der Waals surface area contributed by atoms with Gasteiger partial charge >= 0.3 is 0 Å². The zero-order valence-corrected chi connectivity index (χ0v) is 14.6. The molecular formula is C17H21F2N5O2. The Bertz CT molecular complexity index is 762. The molecule has 7 nitrogen and oxygen atoms in total. The third-order valence-electron chi connectivity index (χ3n) is 4.40. The fraction of sp³-hybridized carbons (Fsp3) is 0.471. The summed E-state index contributed by atoms with van der Waals surface area (Å²) in [6.45, 7) is 3.71. The number of halogens is 2. The van der Waals surface area contributed by atoms with Gasteiger partial charge in [-0.3, -0.25) is 9.69 Å². The Labute approximate surface area is 149 Å². The summed E-state index contributed by atoms with van der Waals surface area (Å²) in [4.78, 5) is 18.0. The van der Waals surface area contributed by atoms with Crippen LogP contribution in [0, 0.1) is 11.6 Å². The van der Waals surface area contributed by atoms with E-state index in [0.29, 0.717) is 12.4 Å². The van der Waals surface area contributed by atoms with Gasteiger partial charge in [0.1, 0.15) is 11.6 Å². The fourth-order valence-corrected chi connectivity index (χ4v) is 3.07. The van der Waals surface area contributed by atoms with Gasteiger partial charge in [0.25, 0.3) is 0 Å². The number of benzene rings is 1. The van der Waals surface area contributed by atoms with E-state index in [4.69, 9.17) is 4.52 Å². The molecule has 0 radical (unpaired) electrons. The van der Waals surface area contributed by atoms with Crippen LogP contribution in [0.3, 0.4) is 0 Å². The number of likely N-dealkylation sites (N-methyl/N-ethyl adjacent to an activating group) is 1. The highest BCUT2D eigenvalue weighted by Crippen LogP contribution is 2.25. The Hall–Kier alpha value is -2.39. The lowest BCUT2D eigenvalue weighted by atomic mass is 10.0. The maximum absolute atomic E-state index is 14.1. The standard InChI is InChI=1S/C17H21F2N5O2/c1-10(25)21-13(16-11(18)4-3-5-12(16)19)8-15-22-17(23-26-15)14-9-20-6-7-24(14)2/h3-5,13-14,20H,6-9H2,1-2H3,(H,21,25). The Morgan fingerprint density at radius 2 is 2.19 bits per heavy atom. The van der Waals surface area contributed by atoms with Gasteiger partial charge in [-0.05, 0) is 19.2 Å². The summed E-state index contributed by atoms with van der Waals surface area (Å²) in [5.74, 6) is -1.17. The second-order valence-electron chi connectivity index (χ2n) is 6.34. The van der Waals surface area contributed by atoms with E-state index in [1.54, 1.807) is 0 Å². The van der Waals surface area contributed by atoms with Gasteiger partial charge in [0.05, 0.1) is 18.5 Å². The van der Waals surface area contributed by atoms with E-state index in [9.17, 15) is 13.6 Å². The summed E-state index contributed by atoms with van der Waals surface area (Å²) < 4.78 is 33.5. The number of nitrogens with zero attached hydrogens (tertiary/aromatic N) is 3. The minimum atomic E-state index is -0.941. The van der Waals surface area contributed by atoms with Crippen molar-refractivity contribution in [3.05, 3.63) is 47.1 Å². The molecule has 2 N–H and O–H groups in total. The summed E-state index contributed by atoms with van der Waals surface area (Å²) in [5, 5.41) is 9.81. The maximum Gasteiger partial charge on any atom is 0.229 e. The molecule has 2 aromatic rings. The molecule has 2 unspecified atom stereocenters. The molecule has 0 aliphatic carbocycles. The van der Waals surface area contributed by atoms with Gasteiger partial charge in [0, 0.05) is 32.1 Å². The first kappa shape index (κ1) is 18.4. The Balaban J connectivity index is 1.83. The summed E-state index contributed by atoms with van der Waals surface area (Å²) in [6.07, 6.45) is -0.00566. The summed E-state index contributed by atoms with van der Waals surface area (Å²) in [7, 11) is 1.97. The van der Waals surface area contributed by atoms with Crippen LogP contribution < -0.4 is 10.6 Å². The maximum atomic E-state index is 14.1. The number of carbonyl (C=O) groups excluding carboxylic acids is 1. The number of hydrogen-bond donors (Lipinski definition) is 2. The summed E-state index contributed by atoms with van der Waals surface area (Å²) >= 11 is 0. The van der Waals surface area contributed by atoms with Crippen LogP contribution in [0.2, 0.25) is 0 Å². The SMILES string of the molecule is CC(=O)NC(Cc1nc(C2CNCCN2C)no1)c1c(F)cccc1F. The van der Waals surface area contributed by atoms with Crippen LogP contribution in [-0.2, 0) is 11.2 Å². The van der Waals surface area contributed by atoms with Crippen molar-refractivity contribution in [3.8, 4) is 0 Å². The van der Waals surface area contributed by atoms with E-state index in [2.05, 4.69) is 25.7 Å². The smallest absolute Gasteiger partial charge is 0.229 e. The fourth-order valence-electron chi connectivity index (χ4n) is 3.07. The highest BCUT2D eigenvalue weighted by Gasteiger charge is 2.28. The molecule has 26 heavy (non-hydrogen) atoms. The molecule has 2 atom stereocenters. The molecule has 3 rings (SSSR count). The summed E-state index contributed by atoms with van der Waals surface area (Å²) in [5.41, 5.74) is -0.223. The molecular weight excluding hydrogens is 344 g/mol. The lowest BCUT2D eigenvalue weighted by molar-refractivity contribution is -0.119. The Morgan fingerprint density at radius 3 is 2.85 bits per heavy atom. The molecule has 1 amide bonds. The largest absolute Gasteiger partial charge is 0.349 e. The highest BCUT2D eigenvalue weighted by molar-refractivity contribution is 5.73. The number of piperazine rings is 1. The van der Waals surface area contributed by atoms with Crippen LogP contribution >= 0.6 is 0 Å². The normalized spacial score (nSPS) is 19.3. The van der Waals surface area contributed by atoms with Gasteiger partial charge in [-0.15, -0.1) is 0 Å². The van der Waals surface area contributed by atoms with Crippen molar-refractivity contribution in [2.75, 3.05) is 26.7 Å². The first-order valence-electron chi connectivity index (χ1n) is 8.40. The van der Waals surface area contributed by atoms with Crippen LogP contribution in [-0.4, -0.2) is 47.6 Å². The summed E-state index contributed by atoms with van der Waals surface area (Å²) in [6, 6.07) is 2.59. The average molecular weight is 365 g/mol. The number of amides is 1. The highest BCUT2D eigenvalue weighted by atomic mass is 19.1. The van der Waals surface area contributed by atoms with Crippen LogP contribution in [0.15, 0.2) is 22.7 Å². The predicted octanol–water partition coefficient (Wildman–Crippen LogP) is 1.34. The quantitative estimate of drug-likeness (QED) is 0.832. The van der Waals surface area contributed by atoms with Crippen molar-refractivity contribution in [1.29, 1.82) is 0 Å². The van der Waals surface area contributed by atoms with Gasteiger partial charge in [0.15, 0.2) is 5.82 Å². The van der Waals surface area contributed by atoms with Crippen LogP contribution in [0.1, 0.15) is 36.3 Å². The molecule has 0 bridgehead atoms. The minimum absolute atomic E-state index is 0.00566. The second kappa shape index (κ2) is 7.88. The Kier molecular flexibility index (Phi) is 5.58. The topological polar surface area (TPSA) is 83.3 Å². The van der Waals surface area contributed by atoms with Crippen molar-refractivity contribution >= 4 is 5.91 Å². The van der Waals surface area contributed by atoms with Gasteiger partial charge in [-0.25, -0.2) is 8.78 Å². The average Bonchev–Trinajstić information content (AvgIpc) is 3.02. The van der Waals surface area contributed by atoms with Gasteiger partial charge < -0.3 is 15.2 Å². The molecule has 9 heteroatoms. The molecule has 2 heterocycles. The lowest BCUT2D eigenvalue weighted by Crippen LogP contribution is -2.44. The van der Waals surface area contributed by atoms with E-state index >= 15 is 0 Å². The van der Waals surface area contributed by atoms with Gasteiger partial charge in [-0.2, -0.15) is 4.98 Å². The third kappa shape index (κ3) is 4.05. The van der Waals surface area contributed by atoms with Crippen molar-refractivity contribution < 1.29 is 18.1 Å². The molecule has 1 saturated heterocycles. The van der Waals surface area contributed by atoms with Crippen molar-refractivity contribution in [3.63, 3.8) is 0 Å². The van der Waals surface area contributed by atoms with Gasteiger partial charge in [0.2, 0.25) is 11.8 Å². The molecule has 1 aliphatic heterocycles. The Morgan fingerprint density at radius 1 is 1.46 bits per heavy atom. The van der Waals surface area contributed by atoms with Crippen molar-refractivity contribution in [2.24, 2.45) is 0 Å². The van der Waals surface area contributed by atoms with Gasteiger partial charge in [-0.1, -0.05) is 11.2 Å².